The van der Waals surface area contributed by atoms with Crippen LogP contribution in [-0.2, 0) is 10.0 Å². The largest absolute Gasteiger partial charge is 0.329 e. The van der Waals surface area contributed by atoms with E-state index in [1.165, 1.54) is 0 Å². The molecule has 3 N–H and O–H groups in total. The smallest absolute Gasteiger partial charge is 0.246 e. The summed E-state index contributed by atoms with van der Waals surface area (Å²) in [6.45, 7) is -0.192. The second-order valence-corrected chi connectivity index (χ2v) is 4.59. The van der Waals surface area contributed by atoms with E-state index in [4.69, 9.17) is 5.73 Å². The zero-order valence-corrected chi connectivity index (χ0v) is 10.0. The molecule has 0 aliphatic heterocycles. The van der Waals surface area contributed by atoms with Crippen molar-refractivity contribution in [3.63, 3.8) is 0 Å². The van der Waals surface area contributed by atoms with Gasteiger partial charge in [0.2, 0.25) is 10.0 Å². The van der Waals surface area contributed by atoms with Crippen molar-refractivity contribution < 1.29 is 21.6 Å². The Labute approximate surface area is 102 Å². The Kier molecular flexibility index (Phi) is 5.89. The summed E-state index contributed by atoms with van der Waals surface area (Å²) in [5.74, 6) is -4.16. The second-order valence-electron chi connectivity index (χ2n) is 2.89. The number of hydrogen-bond donors (Lipinski definition) is 2. The van der Waals surface area contributed by atoms with E-state index in [0.717, 1.165) is 0 Å². The van der Waals surface area contributed by atoms with E-state index in [2.05, 4.69) is 0 Å². The van der Waals surface area contributed by atoms with Crippen LogP contribution in [0.3, 0.4) is 0 Å². The average molecular weight is 291 g/mol. The van der Waals surface area contributed by atoms with Gasteiger partial charge in [-0.3, -0.25) is 0 Å². The Bertz CT molecular complexity index is 473. The minimum absolute atomic E-state index is 0. The van der Waals surface area contributed by atoms with Gasteiger partial charge in [0, 0.05) is 25.2 Å². The maximum absolute atomic E-state index is 13.1. The van der Waals surface area contributed by atoms with Gasteiger partial charge in [0.05, 0.1) is 0 Å². The van der Waals surface area contributed by atoms with Gasteiger partial charge in [-0.2, -0.15) is 0 Å². The van der Waals surface area contributed by atoms with Crippen LogP contribution in [0.2, 0.25) is 0 Å². The molecule has 0 amide bonds. The first-order valence-electron chi connectivity index (χ1n) is 4.23. The third-order valence-electron chi connectivity index (χ3n) is 1.67. The Morgan fingerprint density at radius 2 is 1.65 bits per heavy atom. The predicted octanol–water partition coefficient (Wildman–Crippen LogP) is 0.763. The summed E-state index contributed by atoms with van der Waals surface area (Å²) in [4.78, 5) is -1.21. The quantitative estimate of drug-likeness (QED) is 0.860. The fourth-order valence-electron chi connectivity index (χ4n) is 1.05. The molecule has 98 valence electrons. The van der Waals surface area contributed by atoms with E-state index in [0.29, 0.717) is 12.1 Å². The lowest BCUT2D eigenvalue weighted by atomic mass is 10.3. The maximum atomic E-state index is 13.1. The van der Waals surface area contributed by atoms with Crippen molar-refractivity contribution in [3.05, 3.63) is 29.6 Å². The van der Waals surface area contributed by atoms with Gasteiger partial charge in [-0.25, -0.2) is 26.3 Å². The monoisotopic (exact) mass is 290 g/mol. The summed E-state index contributed by atoms with van der Waals surface area (Å²) < 4.78 is 63.4. The number of nitrogens with one attached hydrogen (secondary N) is 1. The molecule has 0 aromatic heterocycles. The van der Waals surface area contributed by atoms with Gasteiger partial charge < -0.3 is 5.73 Å². The van der Waals surface area contributed by atoms with Gasteiger partial charge in [0.25, 0.3) is 0 Å². The average Bonchev–Trinajstić information content (AvgIpc) is 2.12. The Hall–Kier alpha value is -0.830. The summed E-state index contributed by atoms with van der Waals surface area (Å²) in [6.07, 6.45) is 0. The van der Waals surface area contributed by atoms with E-state index in [1.54, 1.807) is 0 Å². The third kappa shape index (κ3) is 3.84. The zero-order chi connectivity index (χ0) is 12.3. The molecule has 0 aliphatic rings. The molecule has 17 heavy (non-hydrogen) atoms. The molecule has 0 aliphatic carbocycles. The van der Waals surface area contributed by atoms with E-state index < -0.39 is 32.4 Å². The predicted molar refractivity (Wildman–Crippen MR) is 57.8 cm³/mol. The normalized spacial score (nSPS) is 11.1. The second kappa shape index (κ2) is 6.20. The van der Waals surface area contributed by atoms with Crippen molar-refractivity contribution in [1.29, 1.82) is 0 Å². The van der Waals surface area contributed by atoms with E-state index in [-0.39, 0.29) is 25.5 Å². The van der Waals surface area contributed by atoms with E-state index in [9.17, 15) is 21.6 Å². The zero-order valence-electron chi connectivity index (χ0n) is 8.41. The Morgan fingerprint density at radius 1 is 1.18 bits per heavy atom. The van der Waals surface area contributed by atoms with Gasteiger partial charge in [-0.05, 0) is 0 Å². The molecule has 0 spiro atoms. The molecule has 4 nitrogen and oxygen atoms in total. The SMILES string of the molecule is Cl.NCCNS(=O)(=O)c1c(F)cc(F)cc1F. The van der Waals surface area contributed by atoms with Gasteiger partial charge >= 0.3 is 0 Å². The molecule has 0 saturated heterocycles. The molecular weight excluding hydrogens is 281 g/mol. The number of nitrogens with two attached hydrogens (primary N) is 1. The van der Waals surface area contributed by atoms with Crippen LogP contribution in [0, 0.1) is 17.5 Å². The van der Waals surface area contributed by atoms with Crippen LogP contribution in [0.1, 0.15) is 0 Å². The van der Waals surface area contributed by atoms with Crippen molar-refractivity contribution in [1.82, 2.24) is 4.72 Å². The number of benzene rings is 1. The van der Waals surface area contributed by atoms with Crippen LogP contribution in [0.5, 0.6) is 0 Å². The van der Waals surface area contributed by atoms with E-state index >= 15 is 0 Å². The summed E-state index contributed by atoms with van der Waals surface area (Å²) in [5.41, 5.74) is 5.04. The molecule has 0 radical (unpaired) electrons. The fourth-order valence-corrected chi connectivity index (χ4v) is 2.21. The lowest BCUT2D eigenvalue weighted by Crippen LogP contribution is -2.30. The summed E-state index contributed by atoms with van der Waals surface area (Å²) >= 11 is 0. The van der Waals surface area contributed by atoms with Crippen molar-refractivity contribution in [2.45, 2.75) is 4.90 Å². The standard InChI is InChI=1S/C8H9F3N2O2S.ClH/c9-5-3-6(10)8(7(11)4-5)16(14,15)13-2-1-12;/h3-4,13H,1-2,12H2;1H. The van der Waals surface area contributed by atoms with E-state index in [1.807, 2.05) is 4.72 Å². The first kappa shape index (κ1) is 16.2. The van der Waals surface area contributed by atoms with Gasteiger partial charge in [-0.15, -0.1) is 12.4 Å². The van der Waals surface area contributed by atoms with Gasteiger partial charge in [0.1, 0.15) is 17.5 Å². The Balaban J connectivity index is 0.00000256. The fraction of sp³-hybridized carbons (Fsp3) is 0.250. The highest BCUT2D eigenvalue weighted by Crippen LogP contribution is 2.19. The minimum atomic E-state index is -4.35. The number of sulfonamides is 1. The number of halogens is 4. The number of rotatable bonds is 4. The summed E-state index contributed by atoms with van der Waals surface area (Å²) in [7, 11) is -4.35. The first-order chi connectivity index (χ1) is 7.38. The van der Waals surface area contributed by atoms with Crippen molar-refractivity contribution >= 4 is 22.4 Å². The Morgan fingerprint density at radius 3 is 2.06 bits per heavy atom. The van der Waals surface area contributed by atoms with Crippen LogP contribution in [0.4, 0.5) is 13.2 Å². The maximum Gasteiger partial charge on any atom is 0.246 e. The highest BCUT2D eigenvalue weighted by Gasteiger charge is 2.24. The van der Waals surface area contributed by atoms with Crippen LogP contribution in [0.15, 0.2) is 17.0 Å². The minimum Gasteiger partial charge on any atom is -0.329 e. The first-order valence-corrected chi connectivity index (χ1v) is 5.71. The van der Waals surface area contributed by atoms with Crippen LogP contribution in [-0.4, -0.2) is 21.5 Å². The van der Waals surface area contributed by atoms with Crippen LogP contribution < -0.4 is 10.5 Å². The lowest BCUT2D eigenvalue weighted by Gasteiger charge is -2.07. The third-order valence-corrected chi connectivity index (χ3v) is 3.18. The highest BCUT2D eigenvalue weighted by atomic mass is 35.5. The molecule has 9 heteroatoms. The molecule has 0 unspecified atom stereocenters. The molecule has 0 heterocycles. The van der Waals surface area contributed by atoms with Crippen molar-refractivity contribution in [2.24, 2.45) is 5.73 Å². The molecule has 1 aromatic carbocycles. The highest BCUT2D eigenvalue weighted by molar-refractivity contribution is 7.89. The van der Waals surface area contributed by atoms with Gasteiger partial charge in [-0.1, -0.05) is 0 Å². The molecule has 0 bridgehead atoms. The summed E-state index contributed by atoms with van der Waals surface area (Å²) in [5, 5.41) is 0. The molecular formula is C8H10ClF3N2O2S. The molecule has 1 rings (SSSR count). The van der Waals surface area contributed by atoms with Crippen LogP contribution >= 0.6 is 12.4 Å². The molecule has 0 fully saturated rings. The van der Waals surface area contributed by atoms with Crippen molar-refractivity contribution in [3.8, 4) is 0 Å². The van der Waals surface area contributed by atoms with Crippen molar-refractivity contribution in [2.75, 3.05) is 13.1 Å². The van der Waals surface area contributed by atoms with Crippen LogP contribution in [0.25, 0.3) is 0 Å². The lowest BCUT2D eigenvalue weighted by molar-refractivity contribution is 0.494. The molecule has 1 aromatic rings. The number of hydrogen-bond acceptors (Lipinski definition) is 3. The van der Waals surface area contributed by atoms with Gasteiger partial charge in [0.15, 0.2) is 4.90 Å². The molecule has 0 saturated carbocycles. The topological polar surface area (TPSA) is 72.2 Å². The molecule has 0 atom stereocenters. The summed E-state index contributed by atoms with van der Waals surface area (Å²) in [6, 6.07) is 0.584.